The van der Waals surface area contributed by atoms with Crippen molar-refractivity contribution < 1.29 is 30.2 Å². The Labute approximate surface area is 83.3 Å². The molecule has 0 N–H and O–H groups in total. The number of rotatable bonds is 2. The van der Waals surface area contributed by atoms with E-state index in [4.69, 9.17) is 0 Å². The molecule has 0 saturated heterocycles. The summed E-state index contributed by atoms with van der Waals surface area (Å²) in [7, 11) is -0.541. The smallest absolute Gasteiger partial charge is 0.854 e. The second-order valence-electron chi connectivity index (χ2n) is 1.49. The van der Waals surface area contributed by atoms with E-state index in [1.165, 1.54) is 0 Å². The van der Waals surface area contributed by atoms with E-state index in [0.717, 1.165) is 0 Å². The fourth-order valence-electron chi connectivity index (χ4n) is 0.520. The summed E-state index contributed by atoms with van der Waals surface area (Å²) in [5.41, 5.74) is -3.41. The standard InChI is InChI=1S/C4H10O2PS2.Pd/c1-3-9(4-2)7(5,6)8;/h3-4H2,1-2H3;/q-3;+3. The van der Waals surface area contributed by atoms with Crippen LogP contribution >= 0.6 is 5.69 Å². The molecule has 0 rings (SSSR count). The average Bonchev–Trinajstić information content (AvgIpc) is 1.65. The summed E-state index contributed by atoms with van der Waals surface area (Å²) < 4.78 is 0. The van der Waals surface area contributed by atoms with Gasteiger partial charge in [-0.1, -0.05) is 13.8 Å². The van der Waals surface area contributed by atoms with Crippen molar-refractivity contribution in [3.05, 3.63) is 0 Å². The van der Waals surface area contributed by atoms with Crippen LogP contribution in [0.25, 0.3) is 0 Å². The van der Waals surface area contributed by atoms with Crippen molar-refractivity contribution in [2.24, 2.45) is 0 Å². The van der Waals surface area contributed by atoms with Crippen LogP contribution in [0.15, 0.2) is 0 Å². The molecule has 0 aliphatic heterocycles. The SMILES string of the molecule is CCS(CC)=P([O-])([O-])[S-].[Pd+3]. The topological polar surface area (TPSA) is 46.1 Å². The third kappa shape index (κ3) is 5.37. The van der Waals surface area contributed by atoms with Crippen molar-refractivity contribution in [2.75, 3.05) is 11.5 Å². The van der Waals surface area contributed by atoms with Crippen molar-refractivity contribution in [1.82, 2.24) is 0 Å². The van der Waals surface area contributed by atoms with Gasteiger partial charge in [-0.15, -0.1) is 0 Å². The molecule has 0 spiro atoms. The molecule has 0 aromatic carbocycles. The molecule has 2 nitrogen and oxygen atoms in total. The van der Waals surface area contributed by atoms with Crippen LogP contribution in [0.4, 0.5) is 0 Å². The van der Waals surface area contributed by atoms with Gasteiger partial charge in [-0.05, 0) is 11.5 Å². The van der Waals surface area contributed by atoms with Crippen molar-refractivity contribution in [3.8, 4) is 0 Å². The van der Waals surface area contributed by atoms with Crippen molar-refractivity contribution in [1.29, 1.82) is 0 Å². The van der Waals surface area contributed by atoms with Crippen LogP contribution in [0.2, 0.25) is 0 Å². The summed E-state index contributed by atoms with van der Waals surface area (Å²) in [5, 5.41) is 0. The second-order valence-corrected chi connectivity index (χ2v) is 9.59. The monoisotopic (exact) mass is 291 g/mol. The fraction of sp³-hybridized carbons (Fsp3) is 1.00. The molecular weight excluding hydrogens is 282 g/mol. The van der Waals surface area contributed by atoms with Gasteiger partial charge in [-0.25, -0.2) is 10.1 Å². The summed E-state index contributed by atoms with van der Waals surface area (Å²) in [6.07, 6.45) is 0. The van der Waals surface area contributed by atoms with E-state index in [9.17, 15) is 9.79 Å². The number of hydrogen-bond donors (Lipinski definition) is 0. The molecule has 0 amide bonds. The molecule has 0 aliphatic carbocycles. The molecule has 0 bridgehead atoms. The van der Waals surface area contributed by atoms with E-state index < -0.39 is 15.8 Å². The van der Waals surface area contributed by atoms with Crippen molar-refractivity contribution in [3.63, 3.8) is 0 Å². The Morgan fingerprint density at radius 1 is 1.30 bits per heavy atom. The molecule has 0 unspecified atom stereocenters. The van der Waals surface area contributed by atoms with E-state index in [1.807, 2.05) is 13.8 Å². The van der Waals surface area contributed by atoms with E-state index in [2.05, 4.69) is 12.2 Å². The third-order valence-corrected chi connectivity index (χ3v) is 8.29. The van der Waals surface area contributed by atoms with Crippen LogP contribution in [0, 0.1) is 0 Å². The molecule has 0 saturated carbocycles. The van der Waals surface area contributed by atoms with Gasteiger partial charge in [0.15, 0.2) is 0 Å². The Hall–Kier alpha value is 1.71. The van der Waals surface area contributed by atoms with Gasteiger partial charge in [-0.2, -0.15) is 0 Å². The molecule has 0 aromatic rings. The molecule has 10 heavy (non-hydrogen) atoms. The van der Waals surface area contributed by atoms with Crippen LogP contribution < -0.4 is 9.79 Å². The van der Waals surface area contributed by atoms with Crippen LogP contribution in [-0.2, 0) is 42.7 Å². The Morgan fingerprint density at radius 3 is 1.60 bits per heavy atom. The van der Waals surface area contributed by atoms with Gasteiger partial charge >= 0.3 is 20.4 Å². The molecule has 1 radical (unpaired) electrons. The predicted molar refractivity (Wildman–Crippen MR) is 42.7 cm³/mol. The summed E-state index contributed by atoms with van der Waals surface area (Å²) >= 11 is 4.32. The largest absolute Gasteiger partial charge is 3.00 e. The van der Waals surface area contributed by atoms with E-state index in [0.29, 0.717) is 11.5 Å². The summed E-state index contributed by atoms with van der Waals surface area (Å²) in [4.78, 5) is 21.3. The molecule has 0 heterocycles. The van der Waals surface area contributed by atoms with Gasteiger partial charge in [0, 0.05) is 0 Å². The van der Waals surface area contributed by atoms with E-state index >= 15 is 0 Å². The molecule has 6 heteroatoms. The quantitative estimate of drug-likeness (QED) is 0.395. The maximum absolute atomic E-state index is 10.6. The average molecular weight is 292 g/mol. The van der Waals surface area contributed by atoms with Crippen LogP contribution in [0.1, 0.15) is 13.8 Å². The first kappa shape index (κ1) is 14.2. The van der Waals surface area contributed by atoms with Crippen LogP contribution in [-0.4, -0.2) is 11.5 Å². The Balaban J connectivity index is 0. The summed E-state index contributed by atoms with van der Waals surface area (Å²) in [6.45, 7) is 3.70. The van der Waals surface area contributed by atoms with Gasteiger partial charge in [0.2, 0.25) is 0 Å². The molecule has 0 aliphatic rings. The zero-order valence-corrected chi connectivity index (χ0v) is 9.89. The third-order valence-electron chi connectivity index (χ3n) is 0.983. The first-order valence-corrected chi connectivity index (χ1v) is 7.53. The molecular formula is C4H10O2PPdS2. The zero-order valence-electron chi connectivity index (χ0n) is 5.81. The first-order chi connectivity index (χ1) is 4.02. The maximum Gasteiger partial charge on any atom is 3.00 e. The Kier molecular flexibility index (Phi) is 8.91. The second kappa shape index (κ2) is 6.25. The molecule has 0 aromatic heterocycles. The fourth-order valence-corrected chi connectivity index (χ4v) is 5.36. The first-order valence-electron chi connectivity index (χ1n) is 2.72. The van der Waals surface area contributed by atoms with Crippen molar-refractivity contribution >= 4 is 28.0 Å². The zero-order chi connectivity index (χ0) is 7.49. The van der Waals surface area contributed by atoms with Gasteiger partial charge in [0.25, 0.3) is 0 Å². The Morgan fingerprint density at radius 2 is 1.60 bits per heavy atom. The molecule has 0 atom stereocenters. The minimum Gasteiger partial charge on any atom is -0.854 e. The van der Waals surface area contributed by atoms with Gasteiger partial charge < -0.3 is 27.7 Å². The van der Waals surface area contributed by atoms with Crippen molar-refractivity contribution in [2.45, 2.75) is 13.8 Å². The number of hydrogen-bond acceptors (Lipinski definition) is 3. The summed E-state index contributed by atoms with van der Waals surface area (Å²) in [6, 6.07) is 0. The van der Waals surface area contributed by atoms with Gasteiger partial charge in [-0.3, -0.25) is 0 Å². The normalized spacial score (nSPS) is 11.4. The molecule has 0 fully saturated rings. The van der Waals surface area contributed by atoms with Gasteiger partial charge in [0.05, 0.1) is 0 Å². The predicted octanol–water partition coefficient (Wildman–Crippen LogP) is -0.413. The minimum atomic E-state index is -3.41. The van der Waals surface area contributed by atoms with Crippen LogP contribution in [0.5, 0.6) is 0 Å². The van der Waals surface area contributed by atoms with E-state index in [-0.39, 0.29) is 20.4 Å². The summed E-state index contributed by atoms with van der Waals surface area (Å²) in [5.74, 6) is 1.33. The van der Waals surface area contributed by atoms with Gasteiger partial charge in [0.1, 0.15) is 0 Å². The molecule has 65 valence electrons. The van der Waals surface area contributed by atoms with Crippen LogP contribution in [0.3, 0.4) is 0 Å². The minimum absolute atomic E-state index is 0. The Bertz CT molecular complexity index is 130. The maximum atomic E-state index is 10.6. The van der Waals surface area contributed by atoms with E-state index in [1.54, 1.807) is 0 Å².